The highest BCUT2D eigenvalue weighted by Crippen LogP contribution is 2.34. The van der Waals surface area contributed by atoms with Crippen molar-refractivity contribution in [1.29, 1.82) is 0 Å². The first-order valence-electron chi connectivity index (χ1n) is 6.30. The molecule has 1 N–H and O–H groups in total. The number of carbonyl (C=O) groups excluding carboxylic acids is 1. The van der Waals surface area contributed by atoms with Gasteiger partial charge in [-0.25, -0.2) is 4.79 Å². The number of methoxy groups -OCH3 is 1. The average Bonchev–Trinajstić information content (AvgIpc) is 2.26. The lowest BCUT2D eigenvalue weighted by molar-refractivity contribution is -0.154. The molecule has 3 unspecified atom stereocenters. The van der Waals surface area contributed by atoms with E-state index in [1.54, 1.807) is 0 Å². The van der Waals surface area contributed by atoms with Crippen molar-refractivity contribution in [1.82, 2.24) is 0 Å². The highest BCUT2D eigenvalue weighted by Gasteiger charge is 2.32. The highest BCUT2D eigenvalue weighted by molar-refractivity contribution is 5.74. The van der Waals surface area contributed by atoms with Crippen molar-refractivity contribution in [3.8, 4) is 0 Å². The summed E-state index contributed by atoms with van der Waals surface area (Å²) in [4.78, 5) is 11.3. The normalized spacial score (nSPS) is 27.8. The van der Waals surface area contributed by atoms with Gasteiger partial charge in [0, 0.05) is 0 Å². The Morgan fingerprint density at radius 2 is 2.12 bits per heavy atom. The molecule has 16 heavy (non-hydrogen) atoms. The molecule has 94 valence electrons. The topological polar surface area (TPSA) is 46.5 Å². The van der Waals surface area contributed by atoms with Gasteiger partial charge in [0.25, 0.3) is 0 Å². The number of ether oxygens (including phenoxy) is 1. The Hall–Kier alpha value is -0.570. The first kappa shape index (κ1) is 13.5. The first-order chi connectivity index (χ1) is 7.54. The van der Waals surface area contributed by atoms with Crippen LogP contribution in [-0.4, -0.2) is 24.3 Å². The van der Waals surface area contributed by atoms with E-state index in [2.05, 4.69) is 18.6 Å². The van der Waals surface area contributed by atoms with E-state index in [4.69, 9.17) is 0 Å². The highest BCUT2D eigenvalue weighted by atomic mass is 16.5. The molecule has 0 aromatic rings. The van der Waals surface area contributed by atoms with Crippen LogP contribution in [0.3, 0.4) is 0 Å². The molecular formula is C13H24O3. The Labute approximate surface area is 98.2 Å². The molecule has 0 heterocycles. The second kappa shape index (κ2) is 6.24. The first-order valence-corrected chi connectivity index (χ1v) is 6.30. The van der Waals surface area contributed by atoms with Crippen molar-refractivity contribution in [3.05, 3.63) is 0 Å². The summed E-state index contributed by atoms with van der Waals surface area (Å²) < 4.78 is 4.59. The third-order valence-electron chi connectivity index (χ3n) is 3.52. The summed E-state index contributed by atoms with van der Waals surface area (Å²) in [7, 11) is 1.33. The summed E-state index contributed by atoms with van der Waals surface area (Å²) in [5.41, 5.74) is 0. The van der Waals surface area contributed by atoms with Gasteiger partial charge in [-0.2, -0.15) is 0 Å². The van der Waals surface area contributed by atoms with E-state index < -0.39 is 12.1 Å². The Bertz CT molecular complexity index is 225. The fraction of sp³-hybridized carbons (Fsp3) is 0.923. The molecule has 0 aromatic heterocycles. The van der Waals surface area contributed by atoms with E-state index in [0.717, 1.165) is 19.3 Å². The Balaban J connectivity index is 2.46. The van der Waals surface area contributed by atoms with Gasteiger partial charge in [-0.1, -0.05) is 26.7 Å². The van der Waals surface area contributed by atoms with Crippen LogP contribution in [-0.2, 0) is 9.53 Å². The molecule has 0 saturated heterocycles. The molecule has 1 saturated carbocycles. The lowest BCUT2D eigenvalue weighted by Gasteiger charge is -2.31. The van der Waals surface area contributed by atoms with Crippen LogP contribution in [0.2, 0.25) is 0 Å². The minimum Gasteiger partial charge on any atom is -0.467 e. The fourth-order valence-corrected chi connectivity index (χ4v) is 2.81. The number of aliphatic hydroxyl groups is 1. The van der Waals surface area contributed by atoms with E-state index in [1.807, 2.05) is 0 Å². The molecule has 0 amide bonds. The zero-order chi connectivity index (χ0) is 12.1. The van der Waals surface area contributed by atoms with Gasteiger partial charge in [0.15, 0.2) is 6.10 Å². The lowest BCUT2D eigenvalue weighted by Crippen LogP contribution is -2.34. The SMILES string of the molecule is COC(=O)C(O)C1CCCC(CC(C)C)C1. The van der Waals surface area contributed by atoms with Crippen molar-refractivity contribution in [2.75, 3.05) is 7.11 Å². The van der Waals surface area contributed by atoms with E-state index in [9.17, 15) is 9.90 Å². The number of hydrogen-bond donors (Lipinski definition) is 1. The number of esters is 1. The molecule has 0 aliphatic heterocycles. The van der Waals surface area contributed by atoms with E-state index in [-0.39, 0.29) is 5.92 Å². The quantitative estimate of drug-likeness (QED) is 0.751. The van der Waals surface area contributed by atoms with Crippen LogP contribution in [0, 0.1) is 17.8 Å². The second-order valence-corrected chi connectivity index (χ2v) is 5.39. The van der Waals surface area contributed by atoms with Gasteiger partial charge in [-0.3, -0.25) is 0 Å². The minimum atomic E-state index is -0.917. The van der Waals surface area contributed by atoms with E-state index >= 15 is 0 Å². The van der Waals surface area contributed by atoms with Gasteiger partial charge < -0.3 is 9.84 Å². The zero-order valence-electron chi connectivity index (χ0n) is 10.6. The van der Waals surface area contributed by atoms with Crippen LogP contribution >= 0.6 is 0 Å². The van der Waals surface area contributed by atoms with Crippen LogP contribution in [0.15, 0.2) is 0 Å². The van der Waals surface area contributed by atoms with Crippen molar-refractivity contribution in [2.45, 2.75) is 52.1 Å². The third kappa shape index (κ3) is 3.78. The largest absolute Gasteiger partial charge is 0.467 e. The van der Waals surface area contributed by atoms with Crippen LogP contribution in [0.4, 0.5) is 0 Å². The molecule has 1 aliphatic rings. The van der Waals surface area contributed by atoms with Gasteiger partial charge in [-0.05, 0) is 37.0 Å². The number of rotatable bonds is 4. The predicted octanol–water partition coefficient (Wildman–Crippen LogP) is 2.37. The number of hydrogen-bond acceptors (Lipinski definition) is 3. The van der Waals surface area contributed by atoms with E-state index in [0.29, 0.717) is 11.8 Å². The Morgan fingerprint density at radius 1 is 1.44 bits per heavy atom. The molecule has 3 atom stereocenters. The second-order valence-electron chi connectivity index (χ2n) is 5.39. The molecular weight excluding hydrogens is 204 g/mol. The maximum Gasteiger partial charge on any atom is 0.334 e. The maximum absolute atomic E-state index is 11.3. The minimum absolute atomic E-state index is 0.102. The Kier molecular flexibility index (Phi) is 5.26. The van der Waals surface area contributed by atoms with Gasteiger partial charge in [0.2, 0.25) is 0 Å². The molecule has 0 bridgehead atoms. The molecule has 1 aliphatic carbocycles. The van der Waals surface area contributed by atoms with Crippen molar-refractivity contribution in [2.24, 2.45) is 17.8 Å². The molecule has 3 nitrogen and oxygen atoms in total. The molecule has 0 spiro atoms. The van der Waals surface area contributed by atoms with Crippen LogP contribution < -0.4 is 0 Å². The van der Waals surface area contributed by atoms with Crippen LogP contribution in [0.1, 0.15) is 46.0 Å². The summed E-state index contributed by atoms with van der Waals surface area (Å²) >= 11 is 0. The zero-order valence-corrected chi connectivity index (χ0v) is 10.6. The average molecular weight is 228 g/mol. The fourth-order valence-electron chi connectivity index (χ4n) is 2.81. The van der Waals surface area contributed by atoms with Crippen molar-refractivity contribution < 1.29 is 14.6 Å². The summed E-state index contributed by atoms with van der Waals surface area (Å²) in [5, 5.41) is 9.82. The number of aliphatic hydroxyl groups excluding tert-OH is 1. The summed E-state index contributed by atoms with van der Waals surface area (Å²) in [5.74, 6) is 0.984. The molecule has 0 aromatic carbocycles. The Morgan fingerprint density at radius 3 is 2.69 bits per heavy atom. The van der Waals surface area contributed by atoms with Gasteiger partial charge in [0.1, 0.15) is 0 Å². The lowest BCUT2D eigenvalue weighted by atomic mass is 9.76. The standard InChI is InChI=1S/C13H24O3/c1-9(2)7-10-5-4-6-11(8-10)12(14)13(15)16-3/h9-12,14H,4-8H2,1-3H3. The summed E-state index contributed by atoms with van der Waals surface area (Å²) in [6.07, 6.45) is 4.56. The summed E-state index contributed by atoms with van der Waals surface area (Å²) in [6, 6.07) is 0. The summed E-state index contributed by atoms with van der Waals surface area (Å²) in [6.45, 7) is 4.45. The van der Waals surface area contributed by atoms with Crippen molar-refractivity contribution in [3.63, 3.8) is 0 Å². The third-order valence-corrected chi connectivity index (χ3v) is 3.52. The van der Waals surface area contributed by atoms with Crippen LogP contribution in [0.25, 0.3) is 0 Å². The van der Waals surface area contributed by atoms with Crippen molar-refractivity contribution >= 4 is 5.97 Å². The molecule has 0 radical (unpaired) electrons. The van der Waals surface area contributed by atoms with E-state index in [1.165, 1.54) is 20.0 Å². The molecule has 1 fully saturated rings. The van der Waals surface area contributed by atoms with Crippen LogP contribution in [0.5, 0.6) is 0 Å². The molecule has 3 heteroatoms. The van der Waals surface area contributed by atoms with Gasteiger partial charge in [-0.15, -0.1) is 0 Å². The molecule has 1 rings (SSSR count). The van der Waals surface area contributed by atoms with Gasteiger partial charge >= 0.3 is 5.97 Å². The monoisotopic (exact) mass is 228 g/mol. The maximum atomic E-state index is 11.3. The van der Waals surface area contributed by atoms with Gasteiger partial charge in [0.05, 0.1) is 7.11 Å². The smallest absolute Gasteiger partial charge is 0.334 e. The number of carbonyl (C=O) groups is 1. The predicted molar refractivity (Wildman–Crippen MR) is 62.9 cm³/mol.